The minimum Gasteiger partial charge on any atom is -0.299 e. The van der Waals surface area contributed by atoms with Crippen molar-refractivity contribution < 1.29 is 18.0 Å². The first-order valence-corrected chi connectivity index (χ1v) is 7.18. The first-order valence-electron chi connectivity index (χ1n) is 6.36. The van der Waals surface area contributed by atoms with Crippen molar-refractivity contribution in [3.63, 3.8) is 0 Å². The maximum Gasteiger partial charge on any atom is 0.416 e. The van der Waals surface area contributed by atoms with E-state index in [-0.39, 0.29) is 18.6 Å². The molecular formula is C15H14F3NOS. The van der Waals surface area contributed by atoms with E-state index in [0.717, 1.165) is 22.7 Å². The van der Waals surface area contributed by atoms with E-state index in [1.165, 1.54) is 23.5 Å². The van der Waals surface area contributed by atoms with Gasteiger partial charge in [0, 0.05) is 11.3 Å². The van der Waals surface area contributed by atoms with Crippen LogP contribution in [0.1, 0.15) is 26.7 Å². The minimum absolute atomic E-state index is 0.0123. The number of aryl methyl sites for hydroxylation is 2. The number of aromatic nitrogens is 1. The summed E-state index contributed by atoms with van der Waals surface area (Å²) in [4.78, 5) is 17.3. The standard InChI is InChI=1S/C15H14F3NOS/c1-9-10(2)21-14(19-9)8-13(20)7-11-4-3-5-12(6-11)15(16,17)18/h3-6H,7-8H2,1-2H3. The molecule has 0 saturated carbocycles. The average molecular weight is 313 g/mol. The van der Waals surface area contributed by atoms with E-state index in [9.17, 15) is 18.0 Å². The topological polar surface area (TPSA) is 30.0 Å². The van der Waals surface area contributed by atoms with Crippen LogP contribution in [0, 0.1) is 13.8 Å². The highest BCUT2D eigenvalue weighted by atomic mass is 32.1. The van der Waals surface area contributed by atoms with Crippen molar-refractivity contribution in [1.82, 2.24) is 4.98 Å². The van der Waals surface area contributed by atoms with Crippen LogP contribution in [0.15, 0.2) is 24.3 Å². The van der Waals surface area contributed by atoms with Crippen molar-refractivity contribution in [2.24, 2.45) is 0 Å². The van der Waals surface area contributed by atoms with E-state index < -0.39 is 11.7 Å². The third-order valence-electron chi connectivity index (χ3n) is 3.08. The molecule has 0 unspecified atom stereocenters. The number of rotatable bonds is 4. The van der Waals surface area contributed by atoms with E-state index in [4.69, 9.17) is 0 Å². The lowest BCUT2D eigenvalue weighted by molar-refractivity contribution is -0.137. The first-order chi connectivity index (χ1) is 9.75. The zero-order chi connectivity index (χ0) is 15.6. The Labute approximate surface area is 124 Å². The Morgan fingerprint density at radius 2 is 1.95 bits per heavy atom. The molecular weight excluding hydrogens is 299 g/mol. The molecule has 0 amide bonds. The molecule has 0 fully saturated rings. The number of thiazole rings is 1. The second-order valence-corrected chi connectivity index (χ2v) is 6.13. The third kappa shape index (κ3) is 4.14. The van der Waals surface area contributed by atoms with Crippen LogP contribution < -0.4 is 0 Å². The lowest BCUT2D eigenvalue weighted by Gasteiger charge is -2.08. The van der Waals surface area contributed by atoms with Crippen LogP contribution in [0.3, 0.4) is 0 Å². The summed E-state index contributed by atoms with van der Waals surface area (Å²) >= 11 is 1.45. The van der Waals surface area contributed by atoms with Crippen molar-refractivity contribution >= 4 is 17.1 Å². The Bertz CT molecular complexity index is 642. The van der Waals surface area contributed by atoms with Crippen molar-refractivity contribution in [1.29, 1.82) is 0 Å². The van der Waals surface area contributed by atoms with E-state index in [0.29, 0.717) is 10.6 Å². The van der Waals surface area contributed by atoms with Gasteiger partial charge in [-0.2, -0.15) is 13.2 Å². The fourth-order valence-corrected chi connectivity index (χ4v) is 2.89. The van der Waals surface area contributed by atoms with Crippen LogP contribution in [0.5, 0.6) is 0 Å². The molecule has 1 aromatic heterocycles. The average Bonchev–Trinajstić information content (AvgIpc) is 2.67. The van der Waals surface area contributed by atoms with Gasteiger partial charge in [0.05, 0.1) is 17.7 Å². The molecule has 0 aliphatic rings. The summed E-state index contributed by atoms with van der Waals surface area (Å²) < 4.78 is 37.8. The first kappa shape index (κ1) is 15.7. The number of alkyl halides is 3. The van der Waals surface area contributed by atoms with Crippen molar-refractivity contribution in [3.8, 4) is 0 Å². The van der Waals surface area contributed by atoms with Crippen LogP contribution >= 0.6 is 11.3 Å². The van der Waals surface area contributed by atoms with Gasteiger partial charge in [-0.15, -0.1) is 11.3 Å². The van der Waals surface area contributed by atoms with Gasteiger partial charge in [-0.1, -0.05) is 18.2 Å². The molecule has 1 aromatic carbocycles. The molecule has 0 radical (unpaired) electrons. The normalized spacial score (nSPS) is 11.7. The molecule has 0 spiro atoms. The summed E-state index contributed by atoms with van der Waals surface area (Å²) in [6, 6.07) is 4.88. The number of benzene rings is 1. The van der Waals surface area contributed by atoms with Gasteiger partial charge in [-0.05, 0) is 25.5 Å². The molecule has 2 aromatic rings. The fraction of sp³-hybridized carbons (Fsp3) is 0.333. The molecule has 1 heterocycles. The summed E-state index contributed by atoms with van der Waals surface area (Å²) in [7, 11) is 0. The smallest absolute Gasteiger partial charge is 0.299 e. The van der Waals surface area contributed by atoms with E-state index >= 15 is 0 Å². The van der Waals surface area contributed by atoms with Crippen LogP contribution in [0.25, 0.3) is 0 Å². The highest BCUT2D eigenvalue weighted by molar-refractivity contribution is 7.11. The number of hydrogen-bond acceptors (Lipinski definition) is 3. The predicted octanol–water partition coefficient (Wildman–Crippen LogP) is 4.13. The zero-order valence-electron chi connectivity index (χ0n) is 11.6. The number of halogens is 3. The van der Waals surface area contributed by atoms with Gasteiger partial charge < -0.3 is 0 Å². The van der Waals surface area contributed by atoms with Gasteiger partial charge >= 0.3 is 6.18 Å². The second kappa shape index (κ2) is 5.97. The van der Waals surface area contributed by atoms with Crippen LogP contribution in [-0.4, -0.2) is 10.8 Å². The van der Waals surface area contributed by atoms with Gasteiger partial charge in [-0.25, -0.2) is 4.98 Å². The summed E-state index contributed by atoms with van der Waals surface area (Å²) in [6.45, 7) is 3.79. The summed E-state index contributed by atoms with van der Waals surface area (Å²) in [6.07, 6.45) is -4.24. The van der Waals surface area contributed by atoms with Crippen LogP contribution in [0.2, 0.25) is 0 Å². The van der Waals surface area contributed by atoms with Gasteiger partial charge in [0.2, 0.25) is 0 Å². The molecule has 0 N–H and O–H groups in total. The number of Topliss-reactive ketones (excluding diaryl/α,β-unsaturated/α-hetero) is 1. The Morgan fingerprint density at radius 3 is 2.52 bits per heavy atom. The molecule has 2 rings (SSSR count). The number of carbonyl (C=O) groups excluding carboxylic acids is 1. The molecule has 0 aliphatic carbocycles. The Hall–Kier alpha value is -1.69. The summed E-state index contributed by atoms with van der Waals surface area (Å²) in [5.41, 5.74) is 0.537. The van der Waals surface area contributed by atoms with Gasteiger partial charge in [0.15, 0.2) is 0 Å². The van der Waals surface area contributed by atoms with Gasteiger partial charge in [-0.3, -0.25) is 4.79 Å². The van der Waals surface area contributed by atoms with E-state index in [2.05, 4.69) is 4.98 Å². The molecule has 112 valence electrons. The molecule has 2 nitrogen and oxygen atoms in total. The predicted molar refractivity (Wildman–Crippen MR) is 75.4 cm³/mol. The molecule has 0 atom stereocenters. The SMILES string of the molecule is Cc1nc(CC(=O)Cc2cccc(C(F)(F)F)c2)sc1C. The Kier molecular flexibility index (Phi) is 4.46. The van der Waals surface area contributed by atoms with Gasteiger partial charge in [0.25, 0.3) is 0 Å². The lowest BCUT2D eigenvalue weighted by Crippen LogP contribution is -2.09. The fourth-order valence-electron chi connectivity index (χ4n) is 1.93. The van der Waals surface area contributed by atoms with Crippen molar-refractivity contribution in [2.75, 3.05) is 0 Å². The maximum atomic E-state index is 12.6. The van der Waals surface area contributed by atoms with Crippen molar-refractivity contribution in [2.45, 2.75) is 32.9 Å². The monoisotopic (exact) mass is 313 g/mol. The molecule has 6 heteroatoms. The number of nitrogens with zero attached hydrogens (tertiary/aromatic N) is 1. The highest BCUT2D eigenvalue weighted by Gasteiger charge is 2.30. The molecule has 0 bridgehead atoms. The zero-order valence-corrected chi connectivity index (χ0v) is 12.4. The largest absolute Gasteiger partial charge is 0.416 e. The summed E-state index contributed by atoms with van der Waals surface area (Å²) in [5.74, 6) is -0.136. The Morgan fingerprint density at radius 1 is 1.24 bits per heavy atom. The summed E-state index contributed by atoms with van der Waals surface area (Å²) in [5, 5.41) is 0.710. The van der Waals surface area contributed by atoms with Crippen molar-refractivity contribution in [3.05, 3.63) is 51.0 Å². The third-order valence-corrected chi connectivity index (χ3v) is 4.15. The minimum atomic E-state index is -4.39. The molecule has 21 heavy (non-hydrogen) atoms. The van der Waals surface area contributed by atoms with E-state index in [1.807, 2.05) is 13.8 Å². The maximum absolute atomic E-state index is 12.6. The lowest BCUT2D eigenvalue weighted by atomic mass is 10.0. The van der Waals surface area contributed by atoms with Crippen LogP contribution in [0.4, 0.5) is 13.2 Å². The molecule has 0 saturated heterocycles. The molecule has 0 aliphatic heterocycles. The van der Waals surface area contributed by atoms with Crippen LogP contribution in [-0.2, 0) is 23.8 Å². The Balaban J connectivity index is 2.06. The number of ketones is 1. The van der Waals surface area contributed by atoms with E-state index in [1.54, 1.807) is 0 Å². The number of hydrogen-bond donors (Lipinski definition) is 0. The highest BCUT2D eigenvalue weighted by Crippen LogP contribution is 2.29. The number of carbonyl (C=O) groups is 1. The van der Waals surface area contributed by atoms with Gasteiger partial charge in [0.1, 0.15) is 10.8 Å². The second-order valence-electron chi connectivity index (χ2n) is 4.84. The quantitative estimate of drug-likeness (QED) is 0.849.